The number of ether oxygens (including phenoxy) is 1. The lowest BCUT2D eigenvalue weighted by Gasteiger charge is -2.09. The molecule has 0 aliphatic heterocycles. The van der Waals surface area contributed by atoms with E-state index < -0.39 is 0 Å². The fourth-order valence-corrected chi connectivity index (χ4v) is 2.14. The van der Waals surface area contributed by atoms with Gasteiger partial charge in [-0.1, -0.05) is 29.8 Å². The van der Waals surface area contributed by atoms with Gasteiger partial charge in [0.05, 0.1) is 18.2 Å². The van der Waals surface area contributed by atoms with Crippen molar-refractivity contribution in [3.8, 4) is 6.07 Å². The average molecular weight is 287 g/mol. The van der Waals surface area contributed by atoms with Crippen molar-refractivity contribution in [1.29, 1.82) is 5.26 Å². The van der Waals surface area contributed by atoms with Gasteiger partial charge in [0.2, 0.25) is 0 Å². The number of benzene rings is 2. The number of nitrogens with zero attached hydrogens (tertiary/aromatic N) is 1. The second-order valence-corrected chi connectivity index (χ2v) is 4.81. The molecule has 0 aromatic heterocycles. The molecule has 2 aromatic carbocycles. The Hall–Kier alpha value is -2.02. The van der Waals surface area contributed by atoms with E-state index in [9.17, 15) is 0 Å². The van der Waals surface area contributed by atoms with Crippen LogP contribution in [0, 0.1) is 11.3 Å². The SMILES string of the molecule is COCc1cccc(NCc2ccc(C#N)cc2Cl)c1. The Morgan fingerprint density at radius 1 is 1.25 bits per heavy atom. The molecule has 0 amide bonds. The van der Waals surface area contributed by atoms with Gasteiger partial charge in [0, 0.05) is 24.4 Å². The Morgan fingerprint density at radius 3 is 2.80 bits per heavy atom. The van der Waals surface area contributed by atoms with Gasteiger partial charge in [0.1, 0.15) is 0 Å². The molecule has 0 aliphatic rings. The van der Waals surface area contributed by atoms with Crippen LogP contribution in [0.4, 0.5) is 5.69 Å². The van der Waals surface area contributed by atoms with Crippen LogP contribution in [-0.2, 0) is 17.9 Å². The lowest BCUT2D eigenvalue weighted by atomic mass is 10.1. The first-order valence-corrected chi connectivity index (χ1v) is 6.61. The van der Waals surface area contributed by atoms with Gasteiger partial charge in [-0.2, -0.15) is 5.26 Å². The molecule has 0 atom stereocenters. The zero-order valence-electron chi connectivity index (χ0n) is 11.2. The van der Waals surface area contributed by atoms with Crippen LogP contribution in [0.15, 0.2) is 42.5 Å². The van der Waals surface area contributed by atoms with Crippen LogP contribution in [0.5, 0.6) is 0 Å². The summed E-state index contributed by atoms with van der Waals surface area (Å²) in [5, 5.41) is 12.7. The minimum atomic E-state index is 0.570. The topological polar surface area (TPSA) is 45.0 Å². The van der Waals surface area contributed by atoms with Crippen molar-refractivity contribution < 1.29 is 4.74 Å². The van der Waals surface area contributed by atoms with Crippen molar-refractivity contribution >= 4 is 17.3 Å². The minimum Gasteiger partial charge on any atom is -0.381 e. The van der Waals surface area contributed by atoms with Crippen molar-refractivity contribution in [3.63, 3.8) is 0 Å². The minimum absolute atomic E-state index is 0.570. The van der Waals surface area contributed by atoms with E-state index in [2.05, 4.69) is 11.4 Å². The molecule has 2 rings (SSSR count). The molecule has 0 spiro atoms. The highest BCUT2D eigenvalue weighted by molar-refractivity contribution is 6.31. The second-order valence-electron chi connectivity index (χ2n) is 4.40. The Bertz CT molecular complexity index is 635. The van der Waals surface area contributed by atoms with Crippen LogP contribution >= 0.6 is 11.6 Å². The third-order valence-electron chi connectivity index (χ3n) is 2.90. The van der Waals surface area contributed by atoms with E-state index in [1.165, 1.54) is 0 Å². The molecule has 0 heterocycles. The first-order valence-electron chi connectivity index (χ1n) is 6.23. The van der Waals surface area contributed by atoms with Crippen LogP contribution in [0.2, 0.25) is 5.02 Å². The summed E-state index contributed by atoms with van der Waals surface area (Å²) in [6.07, 6.45) is 0. The largest absolute Gasteiger partial charge is 0.381 e. The molecule has 4 heteroatoms. The van der Waals surface area contributed by atoms with Gasteiger partial charge in [0.25, 0.3) is 0 Å². The van der Waals surface area contributed by atoms with E-state index in [1.54, 1.807) is 19.2 Å². The van der Waals surface area contributed by atoms with E-state index in [-0.39, 0.29) is 0 Å². The van der Waals surface area contributed by atoms with Gasteiger partial charge in [-0.3, -0.25) is 0 Å². The molecule has 3 nitrogen and oxygen atoms in total. The molecule has 0 saturated heterocycles. The Labute approximate surface area is 123 Å². The number of methoxy groups -OCH3 is 1. The fraction of sp³-hybridized carbons (Fsp3) is 0.188. The highest BCUT2D eigenvalue weighted by Gasteiger charge is 2.02. The van der Waals surface area contributed by atoms with Gasteiger partial charge in [0.15, 0.2) is 0 Å². The van der Waals surface area contributed by atoms with Gasteiger partial charge in [-0.25, -0.2) is 0 Å². The molecule has 0 aliphatic carbocycles. The van der Waals surface area contributed by atoms with Crippen molar-refractivity contribution in [2.45, 2.75) is 13.2 Å². The third-order valence-corrected chi connectivity index (χ3v) is 3.25. The summed E-state index contributed by atoms with van der Waals surface area (Å²) < 4.78 is 5.11. The molecule has 0 bridgehead atoms. The van der Waals surface area contributed by atoms with Crippen LogP contribution in [0.25, 0.3) is 0 Å². The highest BCUT2D eigenvalue weighted by atomic mass is 35.5. The molecule has 20 heavy (non-hydrogen) atoms. The third kappa shape index (κ3) is 3.74. The van der Waals surface area contributed by atoms with E-state index in [0.29, 0.717) is 23.7 Å². The maximum absolute atomic E-state index is 8.81. The number of hydrogen-bond donors (Lipinski definition) is 1. The maximum atomic E-state index is 8.81. The lowest BCUT2D eigenvalue weighted by molar-refractivity contribution is 0.185. The van der Waals surface area contributed by atoms with E-state index >= 15 is 0 Å². The summed E-state index contributed by atoms with van der Waals surface area (Å²) in [5.74, 6) is 0. The number of nitriles is 1. The Kier molecular flexibility index (Phi) is 5.00. The molecular formula is C16H15ClN2O. The normalized spacial score (nSPS) is 10.1. The fourth-order valence-electron chi connectivity index (χ4n) is 1.90. The van der Waals surface area contributed by atoms with Crippen LogP contribution in [0.1, 0.15) is 16.7 Å². The molecule has 1 N–H and O–H groups in total. The standard InChI is InChI=1S/C16H15ClN2O/c1-20-11-13-3-2-4-15(7-13)19-10-14-6-5-12(9-18)8-16(14)17/h2-8,19H,10-11H2,1H3. The summed E-state index contributed by atoms with van der Waals surface area (Å²) in [6.45, 7) is 1.20. The molecule has 2 aromatic rings. The number of halogens is 1. The molecule has 102 valence electrons. The number of nitrogens with one attached hydrogen (secondary N) is 1. The lowest BCUT2D eigenvalue weighted by Crippen LogP contribution is -2.01. The van der Waals surface area contributed by atoms with Crippen molar-refractivity contribution in [1.82, 2.24) is 0 Å². The Balaban J connectivity index is 2.05. The van der Waals surface area contributed by atoms with Crippen molar-refractivity contribution in [3.05, 3.63) is 64.2 Å². The summed E-state index contributed by atoms with van der Waals surface area (Å²) in [4.78, 5) is 0. The zero-order chi connectivity index (χ0) is 14.4. The zero-order valence-corrected chi connectivity index (χ0v) is 11.9. The predicted molar refractivity (Wildman–Crippen MR) is 80.6 cm³/mol. The van der Waals surface area contributed by atoms with Gasteiger partial charge in [-0.05, 0) is 35.4 Å². The van der Waals surface area contributed by atoms with Gasteiger partial charge in [-0.15, -0.1) is 0 Å². The summed E-state index contributed by atoms with van der Waals surface area (Å²) in [5.41, 5.74) is 3.66. The second kappa shape index (κ2) is 6.95. The number of hydrogen-bond acceptors (Lipinski definition) is 3. The summed E-state index contributed by atoms with van der Waals surface area (Å²) in [7, 11) is 1.68. The van der Waals surface area contributed by atoms with E-state index in [0.717, 1.165) is 16.8 Å². The summed E-state index contributed by atoms with van der Waals surface area (Å²) in [6, 6.07) is 15.4. The van der Waals surface area contributed by atoms with E-state index in [4.69, 9.17) is 21.6 Å². The van der Waals surface area contributed by atoms with E-state index in [1.807, 2.05) is 30.3 Å². The molecule has 0 saturated carbocycles. The van der Waals surface area contributed by atoms with Gasteiger partial charge < -0.3 is 10.1 Å². The highest BCUT2D eigenvalue weighted by Crippen LogP contribution is 2.19. The molecule has 0 unspecified atom stereocenters. The van der Waals surface area contributed by atoms with Crippen LogP contribution in [-0.4, -0.2) is 7.11 Å². The number of rotatable bonds is 5. The summed E-state index contributed by atoms with van der Waals surface area (Å²) >= 11 is 6.14. The maximum Gasteiger partial charge on any atom is 0.0992 e. The van der Waals surface area contributed by atoms with Crippen LogP contribution in [0.3, 0.4) is 0 Å². The monoisotopic (exact) mass is 286 g/mol. The molecular weight excluding hydrogens is 272 g/mol. The average Bonchev–Trinajstić information content (AvgIpc) is 2.46. The Morgan fingerprint density at radius 2 is 2.10 bits per heavy atom. The molecule has 0 radical (unpaired) electrons. The predicted octanol–water partition coefficient (Wildman–Crippen LogP) is 3.97. The molecule has 0 fully saturated rings. The first-order chi connectivity index (χ1) is 9.72. The smallest absolute Gasteiger partial charge is 0.0992 e. The van der Waals surface area contributed by atoms with Crippen LogP contribution < -0.4 is 5.32 Å². The number of anilines is 1. The quantitative estimate of drug-likeness (QED) is 0.904. The first kappa shape index (κ1) is 14.4. The van der Waals surface area contributed by atoms with Gasteiger partial charge >= 0.3 is 0 Å². The van der Waals surface area contributed by atoms with Crippen molar-refractivity contribution in [2.75, 3.05) is 12.4 Å². The van der Waals surface area contributed by atoms with Crippen molar-refractivity contribution in [2.24, 2.45) is 0 Å².